The summed E-state index contributed by atoms with van der Waals surface area (Å²) in [6.07, 6.45) is 4.03. The summed E-state index contributed by atoms with van der Waals surface area (Å²) in [4.78, 5) is 35.2. The zero-order valence-corrected chi connectivity index (χ0v) is 22.8. The van der Waals surface area contributed by atoms with Gasteiger partial charge in [0.05, 0.1) is 42.3 Å². The van der Waals surface area contributed by atoms with E-state index in [2.05, 4.69) is 30.6 Å². The average molecular weight is 572 g/mol. The highest BCUT2D eigenvalue weighted by atomic mass is 32.1. The van der Waals surface area contributed by atoms with Crippen LogP contribution < -0.4 is 10.6 Å². The summed E-state index contributed by atoms with van der Waals surface area (Å²) in [6, 6.07) is 15.3. The average Bonchev–Trinajstić information content (AvgIpc) is 3.69. The first kappa shape index (κ1) is 26.7. The molecule has 5 heterocycles. The van der Waals surface area contributed by atoms with Gasteiger partial charge in [-0.1, -0.05) is 6.07 Å². The second-order valence-electron chi connectivity index (χ2n) is 9.76. The van der Waals surface area contributed by atoms with Gasteiger partial charge in [0.15, 0.2) is 5.82 Å². The van der Waals surface area contributed by atoms with Crippen LogP contribution in [-0.2, 0) is 20.8 Å². The molecule has 0 saturated carbocycles. The van der Waals surface area contributed by atoms with Crippen LogP contribution in [0.4, 0.5) is 16.0 Å². The molecule has 1 aromatic carbocycles. The Balaban J connectivity index is 1.24. The van der Waals surface area contributed by atoms with E-state index < -0.39 is 11.7 Å². The number of benzene rings is 1. The second kappa shape index (κ2) is 11.5. The smallest absolute Gasteiger partial charge is 0.235 e. The Hall–Kier alpha value is -4.52. The Labute approximate surface area is 239 Å². The molecule has 0 spiro atoms. The predicted octanol–water partition coefficient (Wildman–Crippen LogP) is 5.43. The summed E-state index contributed by atoms with van der Waals surface area (Å²) in [5, 5.41) is 8.14. The van der Waals surface area contributed by atoms with E-state index in [4.69, 9.17) is 14.5 Å². The first-order chi connectivity index (χ1) is 20.0. The van der Waals surface area contributed by atoms with Crippen LogP contribution in [0.25, 0.3) is 22.6 Å². The van der Waals surface area contributed by atoms with Crippen molar-refractivity contribution in [3.63, 3.8) is 0 Å². The molecule has 5 aromatic rings. The number of carbonyl (C=O) groups is 1. The molecule has 0 unspecified atom stereocenters. The number of ether oxygens (including phenoxy) is 2. The molecule has 6 rings (SSSR count). The fraction of sp³-hybridized carbons (Fsp3) is 0.207. The van der Waals surface area contributed by atoms with Gasteiger partial charge in [-0.25, -0.2) is 19.3 Å². The number of carbonyl (C=O) groups excluding carboxylic acids is 1. The fourth-order valence-electron chi connectivity index (χ4n) is 4.28. The highest BCUT2D eigenvalue weighted by Crippen LogP contribution is 2.36. The molecule has 41 heavy (non-hydrogen) atoms. The van der Waals surface area contributed by atoms with Crippen molar-refractivity contribution >= 4 is 28.9 Å². The van der Waals surface area contributed by atoms with E-state index in [9.17, 15) is 9.18 Å². The Morgan fingerprint density at radius 1 is 1.07 bits per heavy atom. The van der Waals surface area contributed by atoms with Crippen molar-refractivity contribution < 1.29 is 18.7 Å². The van der Waals surface area contributed by atoms with E-state index in [1.807, 2.05) is 17.5 Å². The SMILES string of the molecule is CC1(C(=O)Nc2ccncc2)COC(c2nc(-c3ccc(F)cc3)c(-c3ccnc(NCc4cccs4)n3)[nH]2)OC1. The maximum Gasteiger partial charge on any atom is 0.235 e. The molecule has 0 aliphatic carbocycles. The third kappa shape index (κ3) is 5.99. The van der Waals surface area contributed by atoms with Crippen LogP contribution in [-0.4, -0.2) is 44.0 Å². The third-order valence-electron chi connectivity index (χ3n) is 6.57. The molecular formula is C29H26FN7O3S. The fourth-order valence-corrected chi connectivity index (χ4v) is 4.93. The Morgan fingerprint density at radius 2 is 1.85 bits per heavy atom. The van der Waals surface area contributed by atoms with Gasteiger partial charge in [0.25, 0.3) is 0 Å². The van der Waals surface area contributed by atoms with E-state index in [1.54, 1.807) is 67.2 Å². The van der Waals surface area contributed by atoms with Gasteiger partial charge in [-0.3, -0.25) is 9.78 Å². The maximum absolute atomic E-state index is 13.7. The summed E-state index contributed by atoms with van der Waals surface area (Å²) in [5.41, 5.74) is 2.16. The van der Waals surface area contributed by atoms with E-state index in [0.29, 0.717) is 46.7 Å². The number of nitrogens with one attached hydrogen (secondary N) is 3. The zero-order chi connectivity index (χ0) is 28.2. The first-order valence-electron chi connectivity index (χ1n) is 12.9. The first-order valence-corrected chi connectivity index (χ1v) is 13.7. The van der Waals surface area contributed by atoms with E-state index in [0.717, 1.165) is 4.88 Å². The molecule has 1 aliphatic rings. The van der Waals surface area contributed by atoms with Crippen LogP contribution in [0.1, 0.15) is 23.9 Å². The van der Waals surface area contributed by atoms with Crippen LogP contribution in [0.15, 0.2) is 78.6 Å². The molecule has 1 fully saturated rings. The number of hydrogen-bond donors (Lipinski definition) is 3. The van der Waals surface area contributed by atoms with Gasteiger partial charge >= 0.3 is 0 Å². The van der Waals surface area contributed by atoms with Crippen molar-refractivity contribution in [3.8, 4) is 22.6 Å². The van der Waals surface area contributed by atoms with Gasteiger partial charge in [0, 0.05) is 34.7 Å². The van der Waals surface area contributed by atoms with Crippen LogP contribution in [0.2, 0.25) is 0 Å². The number of aromatic nitrogens is 5. The molecule has 12 heteroatoms. The van der Waals surface area contributed by atoms with Crippen LogP contribution >= 0.6 is 11.3 Å². The van der Waals surface area contributed by atoms with Gasteiger partial charge in [0.2, 0.25) is 18.1 Å². The quantitative estimate of drug-likeness (QED) is 0.225. The number of rotatable bonds is 8. The minimum Gasteiger partial charge on any atom is -0.349 e. The number of anilines is 2. The molecule has 0 atom stereocenters. The maximum atomic E-state index is 13.7. The van der Waals surface area contributed by atoms with Crippen LogP contribution in [0.3, 0.4) is 0 Å². The largest absolute Gasteiger partial charge is 0.349 e. The standard InChI is InChI=1S/C29H26FN7O3S/c1-29(27(38)34-20-8-11-31-12-9-20)16-39-26(40-17-29)25-36-23(18-4-6-19(30)7-5-18)24(37-25)22-10-13-32-28(35-22)33-15-21-3-2-14-41-21/h2-14,26H,15-17H2,1H3,(H,36,37)(H,31,34,38)(H,32,33,35). The highest BCUT2D eigenvalue weighted by Gasteiger charge is 2.41. The molecule has 208 valence electrons. The number of imidazole rings is 1. The summed E-state index contributed by atoms with van der Waals surface area (Å²) in [6.45, 7) is 2.60. The Morgan fingerprint density at radius 3 is 2.59 bits per heavy atom. The van der Waals surface area contributed by atoms with Crippen molar-refractivity contribution in [3.05, 3.63) is 95.1 Å². The zero-order valence-electron chi connectivity index (χ0n) is 22.0. The molecule has 3 N–H and O–H groups in total. The Bertz CT molecular complexity index is 1620. The lowest BCUT2D eigenvalue weighted by molar-refractivity contribution is -0.229. The number of aromatic amines is 1. The van der Waals surface area contributed by atoms with Gasteiger partial charge < -0.3 is 25.1 Å². The van der Waals surface area contributed by atoms with Crippen LogP contribution in [0, 0.1) is 11.2 Å². The lowest BCUT2D eigenvalue weighted by atomic mass is 9.91. The number of thiophene rings is 1. The third-order valence-corrected chi connectivity index (χ3v) is 7.44. The summed E-state index contributed by atoms with van der Waals surface area (Å²) in [5.74, 6) is 0.287. The molecule has 1 saturated heterocycles. The lowest BCUT2D eigenvalue weighted by Crippen LogP contribution is -2.45. The highest BCUT2D eigenvalue weighted by molar-refractivity contribution is 7.09. The molecule has 0 radical (unpaired) electrons. The van der Waals surface area contributed by atoms with Gasteiger partial charge in [0.1, 0.15) is 5.82 Å². The number of hydrogen-bond acceptors (Lipinski definition) is 9. The number of amides is 1. The van der Waals surface area contributed by atoms with Gasteiger partial charge in [-0.05, 0) is 60.8 Å². The number of H-pyrrole nitrogens is 1. The minimum absolute atomic E-state index is 0.112. The van der Waals surface area contributed by atoms with Crippen LogP contribution in [0.5, 0.6) is 0 Å². The van der Waals surface area contributed by atoms with Crippen molar-refractivity contribution in [1.82, 2.24) is 24.9 Å². The molecular weight excluding hydrogens is 545 g/mol. The van der Waals surface area contributed by atoms with Gasteiger partial charge in [-0.2, -0.15) is 0 Å². The normalized spacial score (nSPS) is 18.6. The van der Waals surface area contributed by atoms with Crippen molar-refractivity contribution in [2.45, 2.75) is 19.8 Å². The summed E-state index contributed by atoms with van der Waals surface area (Å²) < 4.78 is 25.7. The molecule has 1 aliphatic heterocycles. The van der Waals surface area contributed by atoms with Crippen molar-refractivity contribution in [2.24, 2.45) is 5.41 Å². The molecule has 0 bridgehead atoms. The van der Waals surface area contributed by atoms with E-state index in [1.165, 1.54) is 12.1 Å². The number of nitrogens with zero attached hydrogens (tertiary/aromatic N) is 4. The second-order valence-corrected chi connectivity index (χ2v) is 10.8. The molecule has 10 nitrogen and oxygen atoms in total. The van der Waals surface area contributed by atoms with Crippen molar-refractivity contribution in [1.29, 1.82) is 0 Å². The topological polar surface area (TPSA) is 127 Å². The Kier molecular flexibility index (Phi) is 7.51. The molecule has 4 aromatic heterocycles. The van der Waals surface area contributed by atoms with Crippen molar-refractivity contribution in [2.75, 3.05) is 23.8 Å². The van der Waals surface area contributed by atoms with E-state index >= 15 is 0 Å². The summed E-state index contributed by atoms with van der Waals surface area (Å²) in [7, 11) is 0. The molecule has 1 amide bonds. The van der Waals surface area contributed by atoms with E-state index in [-0.39, 0.29) is 24.9 Å². The number of halogens is 1. The lowest BCUT2D eigenvalue weighted by Gasteiger charge is -2.35. The monoisotopic (exact) mass is 571 g/mol. The summed E-state index contributed by atoms with van der Waals surface area (Å²) >= 11 is 1.64. The predicted molar refractivity (Wildman–Crippen MR) is 152 cm³/mol. The minimum atomic E-state index is -0.912. The number of pyridine rings is 1. The van der Waals surface area contributed by atoms with Gasteiger partial charge in [-0.15, -0.1) is 11.3 Å².